The van der Waals surface area contributed by atoms with E-state index in [4.69, 9.17) is 15.4 Å². The normalized spacial score (nSPS) is 10.3. The topological polar surface area (TPSA) is 116 Å². The van der Waals surface area contributed by atoms with Crippen molar-refractivity contribution in [1.29, 1.82) is 0 Å². The lowest BCUT2D eigenvalue weighted by Crippen LogP contribution is -2.10. The van der Waals surface area contributed by atoms with Crippen molar-refractivity contribution in [3.63, 3.8) is 0 Å². The molecule has 178 valence electrons. The molecule has 35 heavy (non-hydrogen) atoms. The third-order valence-electron chi connectivity index (χ3n) is 5.60. The van der Waals surface area contributed by atoms with Crippen LogP contribution in [0.4, 0.5) is 5.69 Å². The maximum Gasteiger partial charge on any atom is 0.341 e. The summed E-state index contributed by atoms with van der Waals surface area (Å²) in [5.41, 5.74) is 15.3. The molecule has 2 N–H and O–H groups in total. The van der Waals surface area contributed by atoms with Gasteiger partial charge in [0.25, 0.3) is 0 Å². The number of aliphatic carboxylic acids is 1. The van der Waals surface area contributed by atoms with E-state index < -0.39 is 5.97 Å². The number of phenols is 1. The van der Waals surface area contributed by atoms with Gasteiger partial charge in [0, 0.05) is 16.2 Å². The summed E-state index contributed by atoms with van der Waals surface area (Å²) in [5.74, 6) is 5.95. The average molecular weight is 470 g/mol. The minimum atomic E-state index is -1.02. The van der Waals surface area contributed by atoms with Crippen LogP contribution in [0, 0.1) is 25.7 Å². The molecule has 0 spiro atoms. The van der Waals surface area contributed by atoms with Gasteiger partial charge in [-0.25, -0.2) is 4.79 Å². The van der Waals surface area contributed by atoms with Gasteiger partial charge in [0.2, 0.25) is 0 Å². The van der Waals surface area contributed by atoms with Crippen LogP contribution in [-0.4, -0.2) is 22.8 Å². The Morgan fingerprint density at radius 1 is 1.09 bits per heavy atom. The van der Waals surface area contributed by atoms with Crippen molar-refractivity contribution in [2.75, 3.05) is 6.61 Å². The SMILES string of the molecule is Cc1cc(OCC(=O)O)cc(C)c1Cc1cc(C#Cc2ccc(N=[N+]=[N-])cc2)c(O)c(C(C)C)c1. The number of carbonyl (C=O) groups is 1. The smallest absolute Gasteiger partial charge is 0.341 e. The fraction of sp³-hybridized carbons (Fsp3) is 0.250. The number of aryl methyl sites for hydroxylation is 2. The molecule has 3 aromatic carbocycles. The summed E-state index contributed by atoms with van der Waals surface area (Å²) in [6.07, 6.45) is 0.631. The number of aromatic hydroxyl groups is 1. The average Bonchev–Trinajstić information content (AvgIpc) is 2.81. The predicted molar refractivity (Wildman–Crippen MR) is 135 cm³/mol. The molecule has 0 saturated carbocycles. The Labute approximate surface area is 204 Å². The summed E-state index contributed by atoms with van der Waals surface area (Å²) in [5, 5.41) is 23.3. The fourth-order valence-corrected chi connectivity index (χ4v) is 3.82. The van der Waals surface area contributed by atoms with E-state index in [-0.39, 0.29) is 18.3 Å². The molecule has 3 aromatic rings. The van der Waals surface area contributed by atoms with Gasteiger partial charge in [-0.1, -0.05) is 49.0 Å². The van der Waals surface area contributed by atoms with Crippen LogP contribution in [-0.2, 0) is 11.2 Å². The Hall–Kier alpha value is -4.40. The molecular formula is C28H27N3O4. The second-order valence-corrected chi connectivity index (χ2v) is 8.62. The standard InChI is InChI=1S/C28H27N3O4/c1-17(2)25-14-21(15-26-18(3)11-24(12-19(26)4)35-16-27(32)33)13-22(28(25)34)8-5-20-6-9-23(10-7-20)30-31-29/h6-7,9-14,17,34H,15-16H2,1-4H3,(H,32,33). The van der Waals surface area contributed by atoms with Crippen molar-refractivity contribution in [2.24, 2.45) is 5.11 Å². The summed E-state index contributed by atoms with van der Waals surface area (Å²) < 4.78 is 5.34. The van der Waals surface area contributed by atoms with Gasteiger partial charge in [-0.15, -0.1) is 0 Å². The second kappa shape index (κ2) is 11.1. The molecule has 0 aliphatic rings. The van der Waals surface area contributed by atoms with Crippen LogP contribution in [0.5, 0.6) is 11.5 Å². The zero-order valence-corrected chi connectivity index (χ0v) is 20.2. The molecule has 0 heterocycles. The number of carboxylic acid groups (broad SMARTS) is 1. The Kier molecular flexibility index (Phi) is 8.04. The lowest BCUT2D eigenvalue weighted by atomic mass is 9.91. The molecule has 0 aliphatic carbocycles. The van der Waals surface area contributed by atoms with E-state index >= 15 is 0 Å². The Balaban J connectivity index is 1.96. The van der Waals surface area contributed by atoms with Crippen molar-refractivity contribution in [1.82, 2.24) is 0 Å². The Bertz CT molecular complexity index is 1340. The van der Waals surface area contributed by atoms with E-state index in [0.29, 0.717) is 23.4 Å². The first kappa shape index (κ1) is 25.2. The van der Waals surface area contributed by atoms with Gasteiger partial charge >= 0.3 is 5.97 Å². The third-order valence-corrected chi connectivity index (χ3v) is 5.60. The minimum absolute atomic E-state index is 0.104. The van der Waals surface area contributed by atoms with Crippen LogP contribution >= 0.6 is 0 Å². The van der Waals surface area contributed by atoms with Crippen LogP contribution in [0.1, 0.15) is 58.7 Å². The summed E-state index contributed by atoms with van der Waals surface area (Å²) in [6, 6.07) is 14.5. The Morgan fingerprint density at radius 3 is 2.31 bits per heavy atom. The molecule has 0 radical (unpaired) electrons. The highest BCUT2D eigenvalue weighted by Crippen LogP contribution is 2.32. The summed E-state index contributed by atoms with van der Waals surface area (Å²) in [6.45, 7) is 7.61. The number of hydrogen-bond donors (Lipinski definition) is 2. The number of carboxylic acids is 1. The first-order chi connectivity index (χ1) is 16.7. The summed E-state index contributed by atoms with van der Waals surface area (Å²) in [7, 11) is 0. The molecule has 0 saturated heterocycles. The predicted octanol–water partition coefficient (Wildman–Crippen LogP) is 6.53. The zero-order valence-electron chi connectivity index (χ0n) is 20.2. The molecule has 3 rings (SSSR count). The number of nitrogens with zero attached hydrogens (tertiary/aromatic N) is 3. The molecule has 0 bridgehead atoms. The number of ether oxygens (including phenoxy) is 1. The summed E-state index contributed by atoms with van der Waals surface area (Å²) >= 11 is 0. The number of benzene rings is 3. The first-order valence-corrected chi connectivity index (χ1v) is 11.2. The van der Waals surface area contributed by atoms with Gasteiger partial charge in [0.1, 0.15) is 11.5 Å². The third kappa shape index (κ3) is 6.57. The molecule has 0 aliphatic heterocycles. The number of rotatable bonds is 7. The lowest BCUT2D eigenvalue weighted by molar-refractivity contribution is -0.139. The molecule has 7 heteroatoms. The van der Waals surface area contributed by atoms with Crippen molar-refractivity contribution in [3.05, 3.63) is 97.9 Å². The first-order valence-electron chi connectivity index (χ1n) is 11.2. The molecule has 0 aromatic heterocycles. The maximum atomic E-state index is 10.9. The number of hydrogen-bond acceptors (Lipinski definition) is 4. The van der Waals surface area contributed by atoms with Crippen LogP contribution in [0.2, 0.25) is 0 Å². The van der Waals surface area contributed by atoms with Gasteiger partial charge in [-0.05, 0) is 89.9 Å². The van der Waals surface area contributed by atoms with Crippen LogP contribution < -0.4 is 4.74 Å². The molecule has 0 unspecified atom stereocenters. The highest BCUT2D eigenvalue weighted by molar-refractivity contribution is 5.68. The van der Waals surface area contributed by atoms with Crippen LogP contribution in [0.3, 0.4) is 0 Å². The van der Waals surface area contributed by atoms with Crippen molar-refractivity contribution >= 4 is 11.7 Å². The monoisotopic (exact) mass is 469 g/mol. The van der Waals surface area contributed by atoms with E-state index in [9.17, 15) is 9.90 Å². The zero-order chi connectivity index (χ0) is 25.5. The van der Waals surface area contributed by atoms with Crippen LogP contribution in [0.25, 0.3) is 10.4 Å². The van der Waals surface area contributed by atoms with Crippen molar-refractivity contribution < 1.29 is 19.7 Å². The van der Waals surface area contributed by atoms with Crippen molar-refractivity contribution in [2.45, 2.75) is 40.0 Å². The summed E-state index contributed by atoms with van der Waals surface area (Å²) in [4.78, 5) is 13.6. The van der Waals surface area contributed by atoms with E-state index in [1.807, 2.05) is 52.0 Å². The number of phenolic OH excluding ortho intramolecular Hbond substituents is 1. The maximum absolute atomic E-state index is 10.9. The van der Waals surface area contributed by atoms with E-state index in [1.54, 1.807) is 24.3 Å². The van der Waals surface area contributed by atoms with Gasteiger partial charge in [0.05, 0.1) is 5.56 Å². The van der Waals surface area contributed by atoms with E-state index in [1.165, 1.54) is 0 Å². The molecule has 0 fully saturated rings. The number of azide groups is 1. The Morgan fingerprint density at radius 2 is 1.74 bits per heavy atom. The second-order valence-electron chi connectivity index (χ2n) is 8.62. The van der Waals surface area contributed by atoms with Crippen molar-refractivity contribution in [3.8, 4) is 23.3 Å². The highest BCUT2D eigenvalue weighted by atomic mass is 16.5. The quantitative estimate of drug-likeness (QED) is 0.177. The molecule has 0 amide bonds. The molecule has 7 nitrogen and oxygen atoms in total. The molecular weight excluding hydrogens is 442 g/mol. The van der Waals surface area contributed by atoms with E-state index in [0.717, 1.165) is 33.4 Å². The van der Waals surface area contributed by atoms with Gasteiger partial charge in [-0.3, -0.25) is 0 Å². The van der Waals surface area contributed by atoms with E-state index in [2.05, 4.69) is 21.9 Å². The van der Waals surface area contributed by atoms with Gasteiger partial charge in [0.15, 0.2) is 6.61 Å². The van der Waals surface area contributed by atoms with Crippen LogP contribution in [0.15, 0.2) is 53.6 Å². The highest BCUT2D eigenvalue weighted by Gasteiger charge is 2.14. The van der Waals surface area contributed by atoms with Gasteiger partial charge < -0.3 is 14.9 Å². The molecule has 0 atom stereocenters. The fourth-order valence-electron chi connectivity index (χ4n) is 3.82. The lowest BCUT2D eigenvalue weighted by Gasteiger charge is -2.16. The van der Waals surface area contributed by atoms with Gasteiger partial charge in [-0.2, -0.15) is 0 Å². The largest absolute Gasteiger partial charge is 0.506 e. The minimum Gasteiger partial charge on any atom is -0.506 e.